The van der Waals surface area contributed by atoms with E-state index in [1.54, 1.807) is 4.90 Å². The summed E-state index contributed by atoms with van der Waals surface area (Å²) in [6.07, 6.45) is 2.08. The summed E-state index contributed by atoms with van der Waals surface area (Å²) in [6, 6.07) is 0. The van der Waals surface area contributed by atoms with E-state index in [-0.39, 0.29) is 12.5 Å². The van der Waals surface area contributed by atoms with Crippen LogP contribution in [0.4, 0.5) is 0 Å². The number of β-amino-alcohol motifs (C(OH)–C–C–N with tert-alkyl or cyclic N) is 1. The van der Waals surface area contributed by atoms with E-state index in [2.05, 4.69) is 0 Å². The number of hydrogen-bond acceptors (Lipinski definition) is 3. The third kappa shape index (κ3) is 2.46. The maximum Gasteiger partial charge on any atom is 0.222 e. The number of amides is 1. The first-order chi connectivity index (χ1) is 5.74. The quantitative estimate of drug-likeness (QED) is 0.592. The highest BCUT2D eigenvalue weighted by Gasteiger charge is 2.19. The van der Waals surface area contributed by atoms with Gasteiger partial charge in [-0.2, -0.15) is 0 Å². The Labute approximate surface area is 72.3 Å². The van der Waals surface area contributed by atoms with Gasteiger partial charge in [0.15, 0.2) is 0 Å². The first kappa shape index (κ1) is 9.48. The number of piperidine rings is 1. The third-order valence-electron chi connectivity index (χ3n) is 2.12. The highest BCUT2D eigenvalue weighted by atomic mass is 16.3. The van der Waals surface area contributed by atoms with Gasteiger partial charge in [0, 0.05) is 26.1 Å². The van der Waals surface area contributed by atoms with Crippen molar-refractivity contribution < 1.29 is 9.90 Å². The Balaban J connectivity index is 2.34. The maximum atomic E-state index is 11.2. The molecule has 0 bridgehead atoms. The largest absolute Gasteiger partial charge is 0.390 e. The molecule has 0 aromatic heterocycles. The maximum absolute atomic E-state index is 11.2. The average molecular weight is 172 g/mol. The van der Waals surface area contributed by atoms with Gasteiger partial charge < -0.3 is 15.7 Å². The number of hydrogen-bond donors (Lipinski definition) is 2. The minimum Gasteiger partial charge on any atom is -0.390 e. The van der Waals surface area contributed by atoms with E-state index < -0.39 is 6.10 Å². The fraction of sp³-hybridized carbons (Fsp3) is 0.875. The SMILES string of the molecule is NC[C@H](O)CN1CCCCC1=O. The predicted octanol–water partition coefficient (Wildman–Crippen LogP) is -0.681. The summed E-state index contributed by atoms with van der Waals surface area (Å²) in [5.74, 6) is 0.147. The molecule has 1 saturated heterocycles. The zero-order chi connectivity index (χ0) is 8.97. The molecular weight excluding hydrogens is 156 g/mol. The summed E-state index contributed by atoms with van der Waals surface area (Å²) in [4.78, 5) is 12.9. The molecule has 0 unspecified atom stereocenters. The minimum atomic E-state index is -0.563. The first-order valence-corrected chi connectivity index (χ1v) is 4.40. The van der Waals surface area contributed by atoms with Gasteiger partial charge in [-0.25, -0.2) is 0 Å². The standard InChI is InChI=1S/C8H16N2O2/c9-5-7(11)6-10-4-2-1-3-8(10)12/h7,11H,1-6,9H2/t7-/m0/s1. The van der Waals surface area contributed by atoms with Gasteiger partial charge in [-0.05, 0) is 12.8 Å². The molecule has 0 aromatic carbocycles. The number of likely N-dealkylation sites (tertiary alicyclic amines) is 1. The zero-order valence-electron chi connectivity index (χ0n) is 7.20. The molecule has 12 heavy (non-hydrogen) atoms. The highest BCUT2D eigenvalue weighted by Crippen LogP contribution is 2.10. The molecule has 0 saturated carbocycles. The molecule has 3 N–H and O–H groups in total. The average Bonchev–Trinajstić information content (AvgIpc) is 2.09. The smallest absolute Gasteiger partial charge is 0.222 e. The molecule has 70 valence electrons. The second kappa shape index (κ2) is 4.42. The minimum absolute atomic E-state index is 0.147. The summed E-state index contributed by atoms with van der Waals surface area (Å²) in [5, 5.41) is 9.21. The van der Waals surface area contributed by atoms with Gasteiger partial charge in [0.1, 0.15) is 0 Å². The van der Waals surface area contributed by atoms with Gasteiger partial charge in [0.25, 0.3) is 0 Å². The monoisotopic (exact) mass is 172 g/mol. The molecule has 0 aromatic rings. The summed E-state index contributed by atoms with van der Waals surface area (Å²) in [6.45, 7) is 1.40. The summed E-state index contributed by atoms with van der Waals surface area (Å²) in [5.41, 5.74) is 5.25. The van der Waals surface area contributed by atoms with Crippen molar-refractivity contribution in [3.05, 3.63) is 0 Å². The number of carbonyl (C=O) groups excluding carboxylic acids is 1. The van der Waals surface area contributed by atoms with Crippen LogP contribution in [0.1, 0.15) is 19.3 Å². The molecule has 0 spiro atoms. The fourth-order valence-corrected chi connectivity index (χ4v) is 1.38. The second-order valence-corrected chi connectivity index (χ2v) is 3.19. The Hall–Kier alpha value is -0.610. The van der Waals surface area contributed by atoms with E-state index >= 15 is 0 Å². The van der Waals surface area contributed by atoms with Crippen LogP contribution in [-0.2, 0) is 4.79 Å². The van der Waals surface area contributed by atoms with Crippen molar-refractivity contribution >= 4 is 5.91 Å². The molecule has 0 radical (unpaired) electrons. The highest BCUT2D eigenvalue weighted by molar-refractivity contribution is 5.76. The molecular formula is C8H16N2O2. The lowest BCUT2D eigenvalue weighted by Gasteiger charge is -2.28. The predicted molar refractivity (Wildman–Crippen MR) is 45.5 cm³/mol. The molecule has 0 aliphatic carbocycles. The second-order valence-electron chi connectivity index (χ2n) is 3.19. The van der Waals surface area contributed by atoms with Crippen molar-refractivity contribution in [2.75, 3.05) is 19.6 Å². The lowest BCUT2D eigenvalue weighted by molar-refractivity contribution is -0.134. The van der Waals surface area contributed by atoms with E-state index in [0.717, 1.165) is 19.4 Å². The van der Waals surface area contributed by atoms with Crippen LogP contribution in [-0.4, -0.2) is 41.7 Å². The normalized spacial score (nSPS) is 21.2. The van der Waals surface area contributed by atoms with Crippen LogP contribution in [0.5, 0.6) is 0 Å². The van der Waals surface area contributed by atoms with Crippen LogP contribution >= 0.6 is 0 Å². The lowest BCUT2D eigenvalue weighted by Crippen LogP contribution is -2.42. The van der Waals surface area contributed by atoms with Crippen molar-refractivity contribution in [2.45, 2.75) is 25.4 Å². The van der Waals surface area contributed by atoms with Gasteiger partial charge >= 0.3 is 0 Å². The summed E-state index contributed by atoms with van der Waals surface area (Å²) in [7, 11) is 0. The van der Waals surface area contributed by atoms with Crippen LogP contribution < -0.4 is 5.73 Å². The van der Waals surface area contributed by atoms with Crippen LogP contribution in [0.25, 0.3) is 0 Å². The summed E-state index contributed by atoms with van der Waals surface area (Å²) >= 11 is 0. The Kier molecular flexibility index (Phi) is 3.49. The van der Waals surface area contributed by atoms with Gasteiger partial charge in [0.05, 0.1) is 6.10 Å². The number of nitrogens with zero attached hydrogens (tertiary/aromatic N) is 1. The Bertz CT molecular complexity index is 161. The molecule has 1 heterocycles. The van der Waals surface area contributed by atoms with Crippen molar-refractivity contribution in [1.29, 1.82) is 0 Å². The van der Waals surface area contributed by atoms with Gasteiger partial charge in [-0.3, -0.25) is 4.79 Å². The third-order valence-corrected chi connectivity index (χ3v) is 2.12. The van der Waals surface area contributed by atoms with Crippen LogP contribution in [0.15, 0.2) is 0 Å². The Morgan fingerprint density at radius 2 is 2.33 bits per heavy atom. The molecule has 1 rings (SSSR count). The molecule has 4 heteroatoms. The number of aliphatic hydroxyl groups excluding tert-OH is 1. The van der Waals surface area contributed by atoms with Crippen molar-refractivity contribution in [3.8, 4) is 0 Å². The van der Waals surface area contributed by atoms with E-state index in [1.807, 2.05) is 0 Å². The Morgan fingerprint density at radius 3 is 2.92 bits per heavy atom. The van der Waals surface area contributed by atoms with E-state index in [4.69, 9.17) is 5.73 Å². The van der Waals surface area contributed by atoms with Gasteiger partial charge in [-0.15, -0.1) is 0 Å². The number of rotatable bonds is 3. The molecule has 4 nitrogen and oxygen atoms in total. The van der Waals surface area contributed by atoms with Crippen LogP contribution in [0, 0.1) is 0 Å². The van der Waals surface area contributed by atoms with E-state index in [0.29, 0.717) is 13.0 Å². The lowest BCUT2D eigenvalue weighted by atomic mass is 10.1. The topological polar surface area (TPSA) is 66.6 Å². The van der Waals surface area contributed by atoms with Gasteiger partial charge in [0.2, 0.25) is 5.91 Å². The van der Waals surface area contributed by atoms with Crippen molar-refractivity contribution in [2.24, 2.45) is 5.73 Å². The van der Waals surface area contributed by atoms with Gasteiger partial charge in [-0.1, -0.05) is 0 Å². The zero-order valence-corrected chi connectivity index (χ0v) is 7.20. The molecule has 1 amide bonds. The molecule has 1 fully saturated rings. The molecule has 1 aliphatic heterocycles. The molecule has 1 atom stereocenters. The van der Waals surface area contributed by atoms with Crippen LogP contribution in [0.3, 0.4) is 0 Å². The molecule has 1 aliphatic rings. The number of aliphatic hydroxyl groups is 1. The number of nitrogens with two attached hydrogens (primary N) is 1. The summed E-state index contributed by atoms with van der Waals surface area (Å²) < 4.78 is 0. The van der Waals surface area contributed by atoms with Crippen molar-refractivity contribution in [1.82, 2.24) is 4.90 Å². The Morgan fingerprint density at radius 1 is 1.58 bits per heavy atom. The first-order valence-electron chi connectivity index (χ1n) is 4.40. The fourth-order valence-electron chi connectivity index (χ4n) is 1.38. The van der Waals surface area contributed by atoms with E-state index in [9.17, 15) is 9.90 Å². The van der Waals surface area contributed by atoms with Crippen molar-refractivity contribution in [3.63, 3.8) is 0 Å². The number of carbonyl (C=O) groups is 1. The van der Waals surface area contributed by atoms with E-state index in [1.165, 1.54) is 0 Å². The van der Waals surface area contributed by atoms with Crippen LogP contribution in [0.2, 0.25) is 0 Å².